The topological polar surface area (TPSA) is 30.0 Å². The first-order valence-electron chi connectivity index (χ1n) is 5.63. The molecule has 2 rings (SSSR count). The van der Waals surface area contributed by atoms with Gasteiger partial charge in [0.25, 0.3) is 0 Å². The van der Waals surface area contributed by atoms with E-state index in [-0.39, 0.29) is 5.78 Å². The van der Waals surface area contributed by atoms with Gasteiger partial charge in [-0.15, -0.1) is 0 Å². The molecule has 0 atom stereocenters. The van der Waals surface area contributed by atoms with Crippen LogP contribution in [0.3, 0.4) is 0 Å². The Hall–Kier alpha value is -1.96. The summed E-state index contributed by atoms with van der Waals surface area (Å²) in [7, 11) is 0. The molecule has 2 nitrogen and oxygen atoms in total. The lowest BCUT2D eigenvalue weighted by Gasteiger charge is -2.08. The van der Waals surface area contributed by atoms with Crippen molar-refractivity contribution in [3.8, 4) is 0 Å². The highest BCUT2D eigenvalue weighted by Gasteiger charge is 2.14. The van der Waals surface area contributed by atoms with E-state index in [0.29, 0.717) is 5.69 Å². The van der Waals surface area contributed by atoms with E-state index >= 15 is 0 Å². The summed E-state index contributed by atoms with van der Waals surface area (Å²) >= 11 is 0. The van der Waals surface area contributed by atoms with Crippen molar-refractivity contribution in [3.63, 3.8) is 0 Å². The maximum atomic E-state index is 12.3. The molecule has 0 saturated carbocycles. The molecule has 0 bridgehead atoms. The van der Waals surface area contributed by atoms with Crippen LogP contribution in [0.25, 0.3) is 0 Å². The summed E-state index contributed by atoms with van der Waals surface area (Å²) in [6, 6.07) is 9.56. The molecule has 1 aromatic carbocycles. The van der Waals surface area contributed by atoms with Crippen LogP contribution < -0.4 is 0 Å². The minimum absolute atomic E-state index is 0.000556. The van der Waals surface area contributed by atoms with Crippen LogP contribution in [0.1, 0.15) is 32.7 Å². The summed E-state index contributed by atoms with van der Waals surface area (Å²) in [6.07, 6.45) is 1.72. The van der Waals surface area contributed by atoms with Crippen molar-refractivity contribution in [1.82, 2.24) is 4.98 Å². The van der Waals surface area contributed by atoms with Gasteiger partial charge in [-0.25, -0.2) is 0 Å². The molecular formula is C15H15NO. The Morgan fingerprint density at radius 1 is 1.00 bits per heavy atom. The predicted molar refractivity (Wildman–Crippen MR) is 68.3 cm³/mol. The van der Waals surface area contributed by atoms with E-state index < -0.39 is 0 Å². The molecule has 86 valence electrons. The van der Waals surface area contributed by atoms with Crippen molar-refractivity contribution in [2.45, 2.75) is 20.8 Å². The zero-order chi connectivity index (χ0) is 12.4. The third-order valence-corrected chi connectivity index (χ3v) is 2.85. The largest absolute Gasteiger partial charge is 0.287 e. The second kappa shape index (κ2) is 4.50. The summed E-state index contributed by atoms with van der Waals surface area (Å²) in [6.45, 7) is 5.86. The number of ketones is 1. The molecule has 2 aromatic rings. The van der Waals surface area contributed by atoms with E-state index in [1.807, 2.05) is 45.0 Å². The number of pyridine rings is 1. The van der Waals surface area contributed by atoms with Crippen LogP contribution in [0.4, 0.5) is 0 Å². The lowest BCUT2D eigenvalue weighted by Crippen LogP contribution is -2.08. The molecule has 0 unspecified atom stereocenters. The van der Waals surface area contributed by atoms with Crippen LogP contribution in [0.15, 0.2) is 36.5 Å². The standard InChI is InChI=1S/C15H15NO/c1-10-7-8-13(16-9-10)15(17)14-11(2)5-4-6-12(14)3/h4-9H,1-3H3. The summed E-state index contributed by atoms with van der Waals surface area (Å²) in [5, 5.41) is 0. The first-order valence-corrected chi connectivity index (χ1v) is 5.63. The molecule has 0 saturated heterocycles. The summed E-state index contributed by atoms with van der Waals surface area (Å²) in [5.74, 6) is 0.000556. The first kappa shape index (κ1) is 11.5. The van der Waals surface area contributed by atoms with Gasteiger partial charge in [-0.2, -0.15) is 0 Å². The van der Waals surface area contributed by atoms with Crippen LogP contribution in [-0.4, -0.2) is 10.8 Å². The highest BCUT2D eigenvalue weighted by atomic mass is 16.1. The van der Waals surface area contributed by atoms with Gasteiger partial charge in [0.1, 0.15) is 5.69 Å². The lowest BCUT2D eigenvalue weighted by molar-refractivity contribution is 0.103. The Labute approximate surface area is 101 Å². The molecule has 2 heteroatoms. The normalized spacial score (nSPS) is 10.3. The number of benzene rings is 1. The molecular weight excluding hydrogens is 210 g/mol. The molecule has 0 spiro atoms. The van der Waals surface area contributed by atoms with Gasteiger partial charge >= 0.3 is 0 Å². The number of nitrogens with zero attached hydrogens (tertiary/aromatic N) is 1. The van der Waals surface area contributed by atoms with E-state index in [4.69, 9.17) is 0 Å². The third kappa shape index (κ3) is 2.26. The maximum absolute atomic E-state index is 12.3. The molecule has 0 fully saturated rings. The Bertz CT molecular complexity index is 535. The predicted octanol–water partition coefficient (Wildman–Crippen LogP) is 3.24. The van der Waals surface area contributed by atoms with Crippen LogP contribution >= 0.6 is 0 Å². The smallest absolute Gasteiger partial charge is 0.211 e. The number of hydrogen-bond acceptors (Lipinski definition) is 2. The van der Waals surface area contributed by atoms with E-state index in [1.54, 1.807) is 12.3 Å². The van der Waals surface area contributed by atoms with Crippen LogP contribution in [0.2, 0.25) is 0 Å². The van der Waals surface area contributed by atoms with Crippen molar-refractivity contribution in [2.24, 2.45) is 0 Å². The number of carbonyl (C=O) groups excluding carboxylic acids is 1. The molecule has 0 aliphatic carbocycles. The van der Waals surface area contributed by atoms with E-state index in [1.165, 1.54) is 0 Å². The highest BCUT2D eigenvalue weighted by molar-refractivity contribution is 6.09. The molecule has 1 heterocycles. The van der Waals surface area contributed by atoms with E-state index in [0.717, 1.165) is 22.3 Å². The van der Waals surface area contributed by atoms with Crippen LogP contribution in [0, 0.1) is 20.8 Å². The Kier molecular flexibility index (Phi) is 3.05. The Morgan fingerprint density at radius 3 is 2.18 bits per heavy atom. The Balaban J connectivity index is 2.47. The summed E-state index contributed by atoms with van der Waals surface area (Å²) < 4.78 is 0. The fraction of sp³-hybridized carbons (Fsp3) is 0.200. The fourth-order valence-corrected chi connectivity index (χ4v) is 1.90. The van der Waals surface area contributed by atoms with Crippen molar-refractivity contribution >= 4 is 5.78 Å². The monoisotopic (exact) mass is 225 g/mol. The molecule has 0 amide bonds. The van der Waals surface area contributed by atoms with Gasteiger partial charge in [-0.1, -0.05) is 24.3 Å². The minimum Gasteiger partial charge on any atom is -0.287 e. The van der Waals surface area contributed by atoms with Crippen molar-refractivity contribution in [1.29, 1.82) is 0 Å². The number of hydrogen-bond donors (Lipinski definition) is 0. The quantitative estimate of drug-likeness (QED) is 0.734. The highest BCUT2D eigenvalue weighted by Crippen LogP contribution is 2.17. The third-order valence-electron chi connectivity index (χ3n) is 2.85. The molecule has 0 N–H and O–H groups in total. The number of aromatic nitrogens is 1. The second-order valence-corrected chi connectivity index (χ2v) is 4.32. The molecule has 1 aromatic heterocycles. The van der Waals surface area contributed by atoms with E-state index in [2.05, 4.69) is 4.98 Å². The Morgan fingerprint density at radius 2 is 1.65 bits per heavy atom. The van der Waals surface area contributed by atoms with Crippen molar-refractivity contribution in [2.75, 3.05) is 0 Å². The second-order valence-electron chi connectivity index (χ2n) is 4.32. The minimum atomic E-state index is 0.000556. The average Bonchev–Trinajstić information content (AvgIpc) is 2.29. The molecule has 0 radical (unpaired) electrons. The van der Waals surface area contributed by atoms with Gasteiger partial charge in [-0.3, -0.25) is 9.78 Å². The van der Waals surface area contributed by atoms with Crippen LogP contribution in [0.5, 0.6) is 0 Å². The number of rotatable bonds is 2. The van der Waals surface area contributed by atoms with Gasteiger partial charge in [0, 0.05) is 11.8 Å². The molecule has 0 aliphatic heterocycles. The maximum Gasteiger partial charge on any atom is 0.211 e. The SMILES string of the molecule is Cc1ccc(C(=O)c2c(C)cccc2C)nc1. The van der Waals surface area contributed by atoms with Gasteiger partial charge in [-0.05, 0) is 43.5 Å². The number of carbonyl (C=O) groups is 1. The van der Waals surface area contributed by atoms with Gasteiger partial charge in [0.15, 0.2) is 0 Å². The first-order chi connectivity index (χ1) is 8.09. The zero-order valence-electron chi connectivity index (χ0n) is 10.3. The van der Waals surface area contributed by atoms with Crippen molar-refractivity contribution in [3.05, 3.63) is 64.5 Å². The van der Waals surface area contributed by atoms with Crippen molar-refractivity contribution < 1.29 is 4.79 Å². The average molecular weight is 225 g/mol. The molecule has 0 aliphatic rings. The van der Waals surface area contributed by atoms with Gasteiger partial charge < -0.3 is 0 Å². The number of aryl methyl sites for hydroxylation is 3. The van der Waals surface area contributed by atoms with Crippen LogP contribution in [-0.2, 0) is 0 Å². The lowest BCUT2D eigenvalue weighted by atomic mass is 9.97. The summed E-state index contributed by atoms with van der Waals surface area (Å²) in [5.41, 5.74) is 4.33. The fourth-order valence-electron chi connectivity index (χ4n) is 1.90. The summed E-state index contributed by atoms with van der Waals surface area (Å²) in [4.78, 5) is 16.5. The molecule has 17 heavy (non-hydrogen) atoms. The van der Waals surface area contributed by atoms with E-state index in [9.17, 15) is 4.79 Å². The van der Waals surface area contributed by atoms with Gasteiger partial charge in [0.2, 0.25) is 5.78 Å². The van der Waals surface area contributed by atoms with Gasteiger partial charge in [0.05, 0.1) is 0 Å². The zero-order valence-corrected chi connectivity index (χ0v) is 10.3.